The monoisotopic (exact) mass is 582 g/mol. The number of carbonyl (C=O) groups is 1. The number of hydrogen-bond donors (Lipinski definition) is 0. The number of fused-ring (bicyclic) bond motifs is 2. The third-order valence-electron chi connectivity index (χ3n) is 8.87. The van der Waals surface area contributed by atoms with Gasteiger partial charge in [0.25, 0.3) is 0 Å². The number of nitriles is 1. The predicted molar refractivity (Wildman–Crippen MR) is 169 cm³/mol. The lowest BCUT2D eigenvalue weighted by atomic mass is 9.94. The van der Waals surface area contributed by atoms with Crippen molar-refractivity contribution in [1.82, 2.24) is 14.8 Å². The molecular formula is C34H42N6O3. The maximum atomic E-state index is 12.7. The molecule has 2 saturated heterocycles. The Morgan fingerprint density at radius 3 is 2.49 bits per heavy atom. The SMILES string of the molecule is CN1CCCC1COc1nc(N2CCN(C(=O)OC(C)(C)C)CC2)c2c(c1C#N)CN(c1cccc3ccccc13)CC2. The predicted octanol–water partition coefficient (Wildman–Crippen LogP) is 5.20. The Bertz CT molecular complexity index is 1530. The Morgan fingerprint density at radius 1 is 1.00 bits per heavy atom. The molecule has 2 aromatic carbocycles. The summed E-state index contributed by atoms with van der Waals surface area (Å²) in [6, 6.07) is 17.7. The van der Waals surface area contributed by atoms with Gasteiger partial charge in [0, 0.05) is 67.5 Å². The number of pyridine rings is 1. The summed E-state index contributed by atoms with van der Waals surface area (Å²) in [5.41, 5.74) is 3.29. The van der Waals surface area contributed by atoms with Gasteiger partial charge in [0.05, 0.1) is 0 Å². The molecule has 226 valence electrons. The minimum absolute atomic E-state index is 0.280. The Balaban J connectivity index is 1.32. The minimum Gasteiger partial charge on any atom is -0.475 e. The van der Waals surface area contributed by atoms with Gasteiger partial charge >= 0.3 is 6.09 Å². The summed E-state index contributed by atoms with van der Waals surface area (Å²) in [7, 11) is 2.13. The van der Waals surface area contributed by atoms with Crippen LogP contribution in [0, 0.1) is 11.3 Å². The number of likely N-dealkylation sites (tertiary alicyclic amines) is 1. The zero-order valence-electron chi connectivity index (χ0n) is 25.8. The van der Waals surface area contributed by atoms with Crippen LogP contribution in [-0.2, 0) is 17.7 Å². The van der Waals surface area contributed by atoms with Crippen molar-refractivity contribution in [2.75, 3.05) is 62.7 Å². The molecule has 0 radical (unpaired) electrons. The normalized spacial score (nSPS) is 19.3. The molecule has 1 amide bonds. The summed E-state index contributed by atoms with van der Waals surface area (Å²) in [5, 5.41) is 12.9. The Morgan fingerprint density at radius 2 is 1.77 bits per heavy atom. The third-order valence-corrected chi connectivity index (χ3v) is 8.87. The lowest BCUT2D eigenvalue weighted by Crippen LogP contribution is -2.50. The summed E-state index contributed by atoms with van der Waals surface area (Å²) >= 11 is 0. The molecule has 9 nitrogen and oxygen atoms in total. The molecule has 3 aliphatic rings. The number of ether oxygens (including phenoxy) is 2. The van der Waals surface area contributed by atoms with E-state index in [1.54, 1.807) is 4.90 Å². The second-order valence-electron chi connectivity index (χ2n) is 12.9. The quantitative estimate of drug-likeness (QED) is 0.406. The van der Waals surface area contributed by atoms with Crippen molar-refractivity contribution in [2.24, 2.45) is 0 Å². The van der Waals surface area contributed by atoms with Gasteiger partial charge in [-0.25, -0.2) is 4.79 Å². The van der Waals surface area contributed by atoms with Crippen molar-refractivity contribution in [2.45, 2.75) is 58.2 Å². The molecule has 0 aliphatic carbocycles. The van der Waals surface area contributed by atoms with E-state index in [9.17, 15) is 10.1 Å². The fourth-order valence-electron chi connectivity index (χ4n) is 6.55. The van der Waals surface area contributed by atoms with Gasteiger partial charge in [-0.05, 0) is 65.1 Å². The van der Waals surface area contributed by atoms with E-state index in [2.05, 4.69) is 70.3 Å². The molecule has 6 rings (SSSR count). The van der Waals surface area contributed by atoms with Crippen LogP contribution in [0.2, 0.25) is 0 Å². The molecule has 4 heterocycles. The van der Waals surface area contributed by atoms with Crippen LogP contribution in [-0.4, -0.2) is 85.4 Å². The van der Waals surface area contributed by atoms with E-state index >= 15 is 0 Å². The molecule has 3 aliphatic heterocycles. The van der Waals surface area contributed by atoms with Gasteiger partial charge in [-0.2, -0.15) is 10.2 Å². The van der Waals surface area contributed by atoms with Crippen molar-refractivity contribution in [1.29, 1.82) is 5.26 Å². The molecule has 0 bridgehead atoms. The number of piperazine rings is 1. The minimum atomic E-state index is -0.530. The molecular weight excluding hydrogens is 540 g/mol. The number of hydrogen-bond acceptors (Lipinski definition) is 8. The second-order valence-corrected chi connectivity index (χ2v) is 12.9. The lowest BCUT2D eigenvalue weighted by Gasteiger charge is -2.39. The van der Waals surface area contributed by atoms with Crippen LogP contribution in [0.3, 0.4) is 0 Å². The average Bonchev–Trinajstić information content (AvgIpc) is 3.42. The van der Waals surface area contributed by atoms with Crippen molar-refractivity contribution >= 4 is 28.4 Å². The molecule has 1 unspecified atom stereocenters. The summed E-state index contributed by atoms with van der Waals surface area (Å²) in [5.74, 6) is 1.30. The van der Waals surface area contributed by atoms with E-state index in [1.807, 2.05) is 20.8 Å². The standard InChI is InChI=1S/C34H42N6O3/c1-34(2,3)43-33(41)39-19-17-38(18-20-39)31-27-14-16-40(30-13-7-10-24-9-5-6-12-26(24)30)22-29(27)28(21-35)32(36-31)42-23-25-11-8-15-37(25)4/h5-7,9-10,12-13,25H,8,11,14-20,22-23H2,1-4H3. The maximum Gasteiger partial charge on any atom is 0.410 e. The highest BCUT2D eigenvalue weighted by Gasteiger charge is 2.33. The Hall–Kier alpha value is -4.03. The number of amides is 1. The van der Waals surface area contributed by atoms with E-state index in [0.717, 1.165) is 49.3 Å². The molecule has 2 fully saturated rings. The molecule has 0 saturated carbocycles. The molecule has 0 spiro atoms. The number of rotatable bonds is 5. The van der Waals surface area contributed by atoms with Gasteiger partial charge in [0.15, 0.2) is 0 Å². The van der Waals surface area contributed by atoms with Gasteiger partial charge in [-0.3, -0.25) is 0 Å². The first kappa shape index (κ1) is 29.1. The maximum absolute atomic E-state index is 12.7. The average molecular weight is 583 g/mol. The van der Waals surface area contributed by atoms with E-state index in [0.29, 0.717) is 56.8 Å². The highest BCUT2D eigenvalue weighted by atomic mass is 16.6. The fraction of sp³-hybridized carbons (Fsp3) is 0.500. The van der Waals surface area contributed by atoms with Crippen LogP contribution in [0.5, 0.6) is 5.88 Å². The number of benzene rings is 2. The third kappa shape index (κ3) is 6.07. The van der Waals surface area contributed by atoms with Crippen molar-refractivity contribution < 1.29 is 14.3 Å². The molecule has 0 N–H and O–H groups in total. The van der Waals surface area contributed by atoms with Crippen LogP contribution in [0.4, 0.5) is 16.3 Å². The molecule has 1 aromatic heterocycles. The molecule has 9 heteroatoms. The van der Waals surface area contributed by atoms with E-state index in [-0.39, 0.29) is 6.09 Å². The highest BCUT2D eigenvalue weighted by molar-refractivity contribution is 5.94. The number of nitrogens with zero attached hydrogens (tertiary/aromatic N) is 6. The Kier molecular flexibility index (Phi) is 8.06. The smallest absolute Gasteiger partial charge is 0.410 e. The first-order valence-corrected chi connectivity index (χ1v) is 15.5. The van der Waals surface area contributed by atoms with Gasteiger partial charge in [0.1, 0.15) is 29.7 Å². The number of likely N-dealkylation sites (N-methyl/N-ethyl adjacent to an activating group) is 1. The van der Waals surface area contributed by atoms with Crippen molar-refractivity contribution in [3.8, 4) is 11.9 Å². The molecule has 1 atom stereocenters. The molecule has 3 aromatic rings. The van der Waals surface area contributed by atoms with Crippen LogP contribution < -0.4 is 14.5 Å². The van der Waals surface area contributed by atoms with E-state index in [4.69, 9.17) is 14.5 Å². The summed E-state index contributed by atoms with van der Waals surface area (Å²) in [6.45, 7) is 11.1. The Labute approximate surface area is 254 Å². The van der Waals surface area contributed by atoms with E-state index in [1.165, 1.54) is 16.5 Å². The van der Waals surface area contributed by atoms with Crippen LogP contribution in [0.15, 0.2) is 42.5 Å². The second kappa shape index (κ2) is 11.9. The molecule has 43 heavy (non-hydrogen) atoms. The highest BCUT2D eigenvalue weighted by Crippen LogP contribution is 2.38. The summed E-state index contributed by atoms with van der Waals surface area (Å²) in [6.07, 6.45) is 2.73. The van der Waals surface area contributed by atoms with Gasteiger partial charge in [0.2, 0.25) is 5.88 Å². The number of anilines is 2. The number of carbonyl (C=O) groups excluding carboxylic acids is 1. The van der Waals surface area contributed by atoms with E-state index < -0.39 is 5.60 Å². The van der Waals surface area contributed by atoms with Crippen molar-refractivity contribution in [3.63, 3.8) is 0 Å². The van der Waals surface area contributed by atoms with Crippen LogP contribution in [0.25, 0.3) is 10.8 Å². The first-order chi connectivity index (χ1) is 20.7. The van der Waals surface area contributed by atoms with Gasteiger partial charge in [-0.15, -0.1) is 0 Å². The zero-order chi connectivity index (χ0) is 30.1. The summed E-state index contributed by atoms with van der Waals surface area (Å²) in [4.78, 5) is 26.5. The van der Waals surface area contributed by atoms with Crippen LogP contribution in [0.1, 0.15) is 50.3 Å². The lowest BCUT2D eigenvalue weighted by molar-refractivity contribution is 0.0240. The zero-order valence-corrected chi connectivity index (χ0v) is 25.8. The first-order valence-electron chi connectivity index (χ1n) is 15.5. The van der Waals surface area contributed by atoms with Gasteiger partial charge < -0.3 is 29.1 Å². The van der Waals surface area contributed by atoms with Gasteiger partial charge in [-0.1, -0.05) is 36.4 Å². The fourth-order valence-corrected chi connectivity index (χ4v) is 6.55. The van der Waals surface area contributed by atoms with Crippen molar-refractivity contribution in [3.05, 3.63) is 59.2 Å². The summed E-state index contributed by atoms with van der Waals surface area (Å²) < 4.78 is 12.0. The number of aromatic nitrogens is 1. The largest absolute Gasteiger partial charge is 0.475 e. The van der Waals surface area contributed by atoms with Crippen LogP contribution >= 0.6 is 0 Å². The topological polar surface area (TPSA) is 85.2 Å².